The Kier molecular flexibility index (Phi) is 61.5. The van der Waals surface area contributed by atoms with Gasteiger partial charge in [0, 0.05) is 12.8 Å². The highest BCUT2D eigenvalue weighted by Gasteiger charge is 2.25. The van der Waals surface area contributed by atoms with E-state index in [9.17, 15) is 19.5 Å². The lowest BCUT2D eigenvalue weighted by molar-refractivity contribution is -0.870. The highest BCUT2D eigenvalue weighted by atomic mass is 16.7. The van der Waals surface area contributed by atoms with Gasteiger partial charge in [-0.3, -0.25) is 9.59 Å². The summed E-state index contributed by atoms with van der Waals surface area (Å²) in [6, 6.07) is 0. The number of carboxylic acid groups (broad SMARTS) is 1. The maximum atomic E-state index is 12.9. The van der Waals surface area contributed by atoms with Crippen LogP contribution in [-0.4, -0.2) is 87.4 Å². The lowest BCUT2D eigenvalue weighted by atomic mass is 10.0. The summed E-state index contributed by atoms with van der Waals surface area (Å²) < 4.78 is 23.0. The number of aliphatic carboxylic acids is 1. The minimum absolute atomic E-state index is 0.173. The molecule has 2 unspecified atom stereocenters. The Labute approximate surface area is 497 Å². The molecular formula is C71H138NO8+. The molecule has 80 heavy (non-hydrogen) atoms. The van der Waals surface area contributed by atoms with E-state index in [-0.39, 0.29) is 38.2 Å². The minimum Gasteiger partial charge on any atom is -0.477 e. The van der Waals surface area contributed by atoms with Crippen LogP contribution in [0.3, 0.4) is 0 Å². The van der Waals surface area contributed by atoms with Crippen molar-refractivity contribution in [2.45, 2.75) is 379 Å². The van der Waals surface area contributed by atoms with Crippen molar-refractivity contribution in [2.75, 3.05) is 47.5 Å². The molecule has 0 heterocycles. The molecule has 0 aromatic heterocycles. The third kappa shape index (κ3) is 63.6. The van der Waals surface area contributed by atoms with E-state index in [1.54, 1.807) is 0 Å². The predicted molar refractivity (Wildman–Crippen MR) is 341 cm³/mol. The molecule has 9 heteroatoms. The zero-order valence-electron chi connectivity index (χ0n) is 54.3. The second kappa shape index (κ2) is 63.1. The molecule has 0 saturated heterocycles. The number of nitrogens with zero attached hydrogens (tertiary/aromatic N) is 1. The molecule has 474 valence electrons. The molecule has 0 aliphatic carbocycles. The highest BCUT2D eigenvalue weighted by Crippen LogP contribution is 2.19. The van der Waals surface area contributed by atoms with Crippen molar-refractivity contribution < 1.29 is 42.9 Å². The number of likely N-dealkylation sites (N-methyl/N-ethyl adjacent to an activating group) is 1. The van der Waals surface area contributed by atoms with Crippen molar-refractivity contribution in [3.8, 4) is 0 Å². The van der Waals surface area contributed by atoms with E-state index in [2.05, 4.69) is 26.0 Å². The lowest BCUT2D eigenvalue weighted by Gasteiger charge is -2.25. The molecule has 0 bridgehead atoms. The van der Waals surface area contributed by atoms with Crippen LogP contribution in [0.4, 0.5) is 0 Å². The molecular weight excluding hydrogens is 995 g/mol. The van der Waals surface area contributed by atoms with Crippen molar-refractivity contribution in [3.05, 3.63) is 12.2 Å². The third-order valence-corrected chi connectivity index (χ3v) is 16.3. The van der Waals surface area contributed by atoms with Gasteiger partial charge in [-0.2, -0.15) is 0 Å². The molecule has 9 nitrogen and oxygen atoms in total. The van der Waals surface area contributed by atoms with E-state index in [0.717, 1.165) is 38.5 Å². The quantitative estimate of drug-likeness (QED) is 0.0211. The smallest absolute Gasteiger partial charge is 0.361 e. The molecule has 0 aromatic carbocycles. The van der Waals surface area contributed by atoms with Crippen molar-refractivity contribution in [1.29, 1.82) is 0 Å². The van der Waals surface area contributed by atoms with E-state index in [4.69, 9.17) is 18.9 Å². The van der Waals surface area contributed by atoms with Crippen LogP contribution in [0.15, 0.2) is 12.2 Å². The Bertz CT molecular complexity index is 1320. The van der Waals surface area contributed by atoms with Crippen LogP contribution in [-0.2, 0) is 33.3 Å². The molecule has 0 radical (unpaired) electrons. The number of carbonyl (C=O) groups excluding carboxylic acids is 2. The SMILES string of the molecule is CCCCCCCCCC/C=C\CCCCCCCCCCCCCCCCCCCCCCCCCCCC(=O)OC(COC(=O)CCCCCCCCCCCCCCCCCCCC)COC(OCC[N+](C)(C)C)C(=O)O. The molecule has 0 aromatic rings. The maximum Gasteiger partial charge on any atom is 0.361 e. The molecule has 0 spiro atoms. The summed E-state index contributed by atoms with van der Waals surface area (Å²) in [6.07, 6.45) is 73.4. The van der Waals surface area contributed by atoms with Crippen LogP contribution in [0.25, 0.3) is 0 Å². The second-order valence-corrected chi connectivity index (χ2v) is 25.6. The Morgan fingerprint density at radius 3 is 0.925 bits per heavy atom. The van der Waals surface area contributed by atoms with Crippen LogP contribution in [0, 0.1) is 0 Å². The highest BCUT2D eigenvalue weighted by molar-refractivity contribution is 5.71. The largest absolute Gasteiger partial charge is 0.477 e. The Morgan fingerprint density at radius 1 is 0.362 bits per heavy atom. The number of unbranched alkanes of at least 4 members (excludes halogenated alkanes) is 50. The number of hydrogen-bond acceptors (Lipinski definition) is 7. The van der Waals surface area contributed by atoms with Crippen LogP contribution in [0.5, 0.6) is 0 Å². The summed E-state index contributed by atoms with van der Waals surface area (Å²) in [6.45, 7) is 4.95. The summed E-state index contributed by atoms with van der Waals surface area (Å²) in [5, 5.41) is 9.73. The molecule has 0 rings (SSSR count). The van der Waals surface area contributed by atoms with Crippen molar-refractivity contribution in [1.82, 2.24) is 0 Å². The zero-order chi connectivity index (χ0) is 58.3. The standard InChI is InChI=1S/C71H137NO8/c1-6-8-10-12-14-16-18-20-22-24-26-27-28-29-30-31-32-33-34-35-36-37-38-39-40-41-42-43-44-46-48-50-52-54-56-58-60-62-69(74)80-67(66-79-71(70(75)76)77-64-63-72(3,4)5)65-78-68(73)61-59-57-55-53-51-49-47-45-25-23-21-19-17-15-13-11-9-7-2/h24,26,67,71H,6-23,25,27-66H2,1-5H3/p+1/b26-24-. The molecule has 0 saturated carbocycles. The first kappa shape index (κ1) is 78.0. The van der Waals surface area contributed by atoms with Gasteiger partial charge in [0.25, 0.3) is 6.29 Å². The number of rotatable bonds is 67. The number of esters is 2. The van der Waals surface area contributed by atoms with E-state index in [0.29, 0.717) is 17.4 Å². The number of hydrogen-bond donors (Lipinski definition) is 1. The maximum absolute atomic E-state index is 12.9. The second-order valence-electron chi connectivity index (χ2n) is 25.6. The number of ether oxygens (including phenoxy) is 4. The van der Waals surface area contributed by atoms with E-state index < -0.39 is 18.4 Å². The van der Waals surface area contributed by atoms with Crippen molar-refractivity contribution in [2.24, 2.45) is 0 Å². The van der Waals surface area contributed by atoms with E-state index >= 15 is 0 Å². The van der Waals surface area contributed by atoms with Gasteiger partial charge < -0.3 is 28.5 Å². The molecule has 0 aliphatic rings. The number of quaternary nitrogens is 1. The zero-order valence-corrected chi connectivity index (χ0v) is 54.3. The van der Waals surface area contributed by atoms with Crippen molar-refractivity contribution in [3.63, 3.8) is 0 Å². The molecule has 0 amide bonds. The first-order valence-electron chi connectivity index (χ1n) is 35.4. The van der Waals surface area contributed by atoms with Crippen LogP contribution >= 0.6 is 0 Å². The Hall–Kier alpha value is -1.97. The number of carboxylic acids is 1. The molecule has 1 N–H and O–H groups in total. The monoisotopic (exact) mass is 1130 g/mol. The van der Waals surface area contributed by atoms with Gasteiger partial charge in [-0.1, -0.05) is 328 Å². The summed E-state index contributed by atoms with van der Waals surface area (Å²) in [4.78, 5) is 37.5. The fourth-order valence-corrected chi connectivity index (χ4v) is 10.8. The average molecular weight is 1130 g/mol. The normalized spacial score (nSPS) is 12.7. The summed E-state index contributed by atoms with van der Waals surface area (Å²) in [7, 11) is 5.99. The van der Waals surface area contributed by atoms with E-state index in [1.165, 1.54) is 302 Å². The number of allylic oxidation sites excluding steroid dienone is 2. The van der Waals surface area contributed by atoms with Gasteiger partial charge in [0.2, 0.25) is 0 Å². The molecule has 0 aliphatic heterocycles. The first-order valence-corrected chi connectivity index (χ1v) is 35.4. The van der Waals surface area contributed by atoms with E-state index in [1.807, 2.05) is 21.1 Å². The Morgan fingerprint density at radius 2 is 0.637 bits per heavy atom. The number of carbonyl (C=O) groups is 3. The van der Waals surface area contributed by atoms with Gasteiger partial charge in [0.1, 0.15) is 13.2 Å². The van der Waals surface area contributed by atoms with Crippen LogP contribution in [0.1, 0.15) is 367 Å². The summed E-state index contributed by atoms with van der Waals surface area (Å²) in [5.74, 6) is -1.97. The Balaban J connectivity index is 3.96. The fourth-order valence-electron chi connectivity index (χ4n) is 10.8. The summed E-state index contributed by atoms with van der Waals surface area (Å²) in [5.41, 5.74) is 0. The fraction of sp³-hybridized carbons (Fsp3) is 0.930. The predicted octanol–water partition coefficient (Wildman–Crippen LogP) is 21.6. The van der Waals surface area contributed by atoms with Gasteiger partial charge in [-0.05, 0) is 38.5 Å². The van der Waals surface area contributed by atoms with Gasteiger partial charge >= 0.3 is 17.9 Å². The van der Waals surface area contributed by atoms with Gasteiger partial charge in [-0.15, -0.1) is 0 Å². The first-order chi connectivity index (χ1) is 39.1. The average Bonchev–Trinajstić information content (AvgIpc) is 3.43. The van der Waals surface area contributed by atoms with Crippen molar-refractivity contribution >= 4 is 17.9 Å². The third-order valence-electron chi connectivity index (χ3n) is 16.3. The van der Waals surface area contributed by atoms with Crippen LogP contribution < -0.4 is 0 Å². The van der Waals surface area contributed by atoms with Gasteiger partial charge in [0.05, 0.1) is 34.4 Å². The summed E-state index contributed by atoms with van der Waals surface area (Å²) >= 11 is 0. The topological polar surface area (TPSA) is 108 Å². The van der Waals surface area contributed by atoms with Gasteiger partial charge in [0.15, 0.2) is 6.10 Å². The lowest BCUT2D eigenvalue weighted by Crippen LogP contribution is -2.40. The minimum atomic E-state index is -1.50. The molecule has 2 atom stereocenters. The van der Waals surface area contributed by atoms with Crippen LogP contribution in [0.2, 0.25) is 0 Å². The van der Waals surface area contributed by atoms with Gasteiger partial charge in [-0.25, -0.2) is 4.79 Å². The molecule has 0 fully saturated rings.